The van der Waals surface area contributed by atoms with E-state index in [1.54, 1.807) is 22.1 Å². The second kappa shape index (κ2) is 6.02. The molecule has 0 bridgehead atoms. The Balaban J connectivity index is 1.97. The Hall–Kier alpha value is -0.920. The Morgan fingerprint density at radius 1 is 1.42 bits per heavy atom. The van der Waals surface area contributed by atoms with E-state index in [0.29, 0.717) is 19.1 Å². The van der Waals surface area contributed by atoms with Crippen LogP contribution in [-0.4, -0.2) is 48.0 Å². The number of hydrogen-bond donors (Lipinski definition) is 1. The molecule has 1 N–H and O–H groups in total. The monoisotopic (exact) mass is 286 g/mol. The smallest absolute Gasteiger partial charge is 0.262 e. The minimum Gasteiger partial charge on any atom is -0.339 e. The third-order valence-corrected chi connectivity index (χ3v) is 5.21. The molecule has 19 heavy (non-hydrogen) atoms. The van der Waals surface area contributed by atoms with Gasteiger partial charge >= 0.3 is 0 Å². The Labute approximate surface area is 114 Å². The van der Waals surface area contributed by atoms with Gasteiger partial charge in [0.2, 0.25) is 0 Å². The van der Waals surface area contributed by atoms with Crippen molar-refractivity contribution in [3.8, 4) is 0 Å². The van der Waals surface area contributed by atoms with Crippen LogP contribution in [0.5, 0.6) is 0 Å². The zero-order chi connectivity index (χ0) is 13.9. The van der Waals surface area contributed by atoms with Gasteiger partial charge in [-0.15, -0.1) is 0 Å². The molecule has 1 fully saturated rings. The molecular formula is C12H22N4O2S. The van der Waals surface area contributed by atoms with E-state index in [1.165, 1.54) is 6.33 Å². The summed E-state index contributed by atoms with van der Waals surface area (Å²) in [6.45, 7) is 4.27. The van der Waals surface area contributed by atoms with Crippen LogP contribution in [0, 0.1) is 0 Å². The summed E-state index contributed by atoms with van der Waals surface area (Å²) in [5, 5.41) is 3.59. The molecule has 2 rings (SSSR count). The van der Waals surface area contributed by atoms with Crippen molar-refractivity contribution in [3.63, 3.8) is 0 Å². The first-order chi connectivity index (χ1) is 9.04. The summed E-state index contributed by atoms with van der Waals surface area (Å²) < 4.78 is 27.9. The highest BCUT2D eigenvalue weighted by atomic mass is 32.2. The largest absolute Gasteiger partial charge is 0.339 e. The lowest BCUT2D eigenvalue weighted by Gasteiger charge is -2.31. The highest BCUT2D eigenvalue weighted by molar-refractivity contribution is 7.89. The van der Waals surface area contributed by atoms with Crippen molar-refractivity contribution in [1.29, 1.82) is 0 Å². The van der Waals surface area contributed by atoms with Gasteiger partial charge in [0.1, 0.15) is 0 Å². The van der Waals surface area contributed by atoms with Crippen LogP contribution in [0.3, 0.4) is 0 Å². The molecule has 0 amide bonds. The SMILES string of the molecule is CCCNC1CCN(S(=O)(=O)c2cn(C)cn2)CC1. The molecule has 1 aromatic rings. The quantitative estimate of drug-likeness (QED) is 0.859. The molecule has 0 saturated carbocycles. The molecule has 0 spiro atoms. The van der Waals surface area contributed by atoms with Crippen molar-refractivity contribution in [2.24, 2.45) is 7.05 Å². The number of imidazole rings is 1. The maximum Gasteiger partial charge on any atom is 0.262 e. The molecule has 0 atom stereocenters. The van der Waals surface area contributed by atoms with Crippen molar-refractivity contribution in [2.75, 3.05) is 19.6 Å². The highest BCUT2D eigenvalue weighted by Crippen LogP contribution is 2.19. The van der Waals surface area contributed by atoms with E-state index in [-0.39, 0.29) is 5.03 Å². The first kappa shape index (κ1) is 14.5. The van der Waals surface area contributed by atoms with Gasteiger partial charge in [0.25, 0.3) is 10.0 Å². The van der Waals surface area contributed by atoms with Crippen molar-refractivity contribution in [2.45, 2.75) is 37.3 Å². The standard InChI is InChI=1S/C12H22N4O2S/c1-3-6-13-11-4-7-16(8-5-11)19(17,18)12-9-15(2)10-14-12/h9-11,13H,3-8H2,1-2H3. The summed E-state index contributed by atoms with van der Waals surface area (Å²) in [5.74, 6) is 0. The molecule has 0 radical (unpaired) electrons. The predicted molar refractivity (Wildman–Crippen MR) is 73.3 cm³/mol. The van der Waals surface area contributed by atoms with Gasteiger partial charge in [-0.25, -0.2) is 13.4 Å². The first-order valence-corrected chi connectivity index (χ1v) is 8.19. The fraction of sp³-hybridized carbons (Fsp3) is 0.750. The number of sulfonamides is 1. The van der Waals surface area contributed by atoms with Crippen molar-refractivity contribution < 1.29 is 8.42 Å². The van der Waals surface area contributed by atoms with E-state index < -0.39 is 10.0 Å². The number of aromatic nitrogens is 2. The third-order valence-electron chi connectivity index (χ3n) is 3.42. The summed E-state index contributed by atoms with van der Waals surface area (Å²) in [5.41, 5.74) is 0. The molecule has 2 heterocycles. The third kappa shape index (κ3) is 3.34. The molecular weight excluding hydrogens is 264 g/mol. The summed E-state index contributed by atoms with van der Waals surface area (Å²) >= 11 is 0. The number of nitrogens with one attached hydrogen (secondary N) is 1. The molecule has 7 heteroatoms. The van der Waals surface area contributed by atoms with Crippen LogP contribution in [0.2, 0.25) is 0 Å². The zero-order valence-electron chi connectivity index (χ0n) is 11.5. The van der Waals surface area contributed by atoms with E-state index in [2.05, 4.69) is 17.2 Å². The fourth-order valence-electron chi connectivity index (χ4n) is 2.30. The van der Waals surface area contributed by atoms with Gasteiger partial charge in [-0.05, 0) is 25.8 Å². The van der Waals surface area contributed by atoms with Crippen LogP contribution >= 0.6 is 0 Å². The van der Waals surface area contributed by atoms with Gasteiger partial charge in [0.15, 0.2) is 5.03 Å². The summed E-state index contributed by atoms with van der Waals surface area (Å²) in [7, 11) is -1.64. The second-order valence-electron chi connectivity index (χ2n) is 5.01. The van der Waals surface area contributed by atoms with E-state index in [9.17, 15) is 8.42 Å². The van der Waals surface area contributed by atoms with Gasteiger partial charge in [0.05, 0.1) is 6.33 Å². The van der Waals surface area contributed by atoms with E-state index >= 15 is 0 Å². The van der Waals surface area contributed by atoms with Gasteiger partial charge in [-0.3, -0.25) is 0 Å². The molecule has 6 nitrogen and oxygen atoms in total. The van der Waals surface area contributed by atoms with E-state index in [0.717, 1.165) is 25.8 Å². The molecule has 0 aromatic carbocycles. The van der Waals surface area contributed by atoms with Crippen molar-refractivity contribution in [3.05, 3.63) is 12.5 Å². The molecule has 1 aliphatic heterocycles. The van der Waals surface area contributed by atoms with Crippen LogP contribution in [0.4, 0.5) is 0 Å². The maximum absolute atomic E-state index is 12.4. The van der Waals surface area contributed by atoms with Gasteiger partial charge in [-0.2, -0.15) is 4.31 Å². The van der Waals surface area contributed by atoms with Crippen LogP contribution in [0.25, 0.3) is 0 Å². The van der Waals surface area contributed by atoms with Gasteiger partial charge in [-0.1, -0.05) is 6.92 Å². The Morgan fingerprint density at radius 3 is 2.63 bits per heavy atom. The van der Waals surface area contributed by atoms with Gasteiger partial charge < -0.3 is 9.88 Å². The second-order valence-corrected chi connectivity index (χ2v) is 6.89. The van der Waals surface area contributed by atoms with Crippen LogP contribution in [-0.2, 0) is 17.1 Å². The number of rotatable bonds is 5. The van der Waals surface area contributed by atoms with Gasteiger partial charge in [0, 0.05) is 32.4 Å². The predicted octanol–water partition coefficient (Wildman–Crippen LogP) is 0.573. The Morgan fingerprint density at radius 2 is 2.11 bits per heavy atom. The first-order valence-electron chi connectivity index (χ1n) is 6.75. The van der Waals surface area contributed by atoms with Crippen LogP contribution in [0.15, 0.2) is 17.6 Å². The van der Waals surface area contributed by atoms with Crippen molar-refractivity contribution >= 4 is 10.0 Å². The summed E-state index contributed by atoms with van der Waals surface area (Å²) in [4.78, 5) is 3.95. The topological polar surface area (TPSA) is 67.2 Å². The van der Waals surface area contributed by atoms with E-state index in [4.69, 9.17) is 0 Å². The normalized spacial score (nSPS) is 18.8. The number of piperidine rings is 1. The lowest BCUT2D eigenvalue weighted by atomic mass is 10.1. The van der Waals surface area contributed by atoms with Crippen LogP contribution in [0.1, 0.15) is 26.2 Å². The lowest BCUT2D eigenvalue weighted by molar-refractivity contribution is 0.289. The number of nitrogens with zero attached hydrogens (tertiary/aromatic N) is 3. The number of aryl methyl sites for hydroxylation is 1. The number of hydrogen-bond acceptors (Lipinski definition) is 4. The lowest BCUT2D eigenvalue weighted by Crippen LogP contribution is -2.45. The summed E-state index contributed by atoms with van der Waals surface area (Å²) in [6, 6.07) is 0.440. The highest BCUT2D eigenvalue weighted by Gasteiger charge is 2.30. The minimum absolute atomic E-state index is 0.148. The molecule has 1 saturated heterocycles. The molecule has 1 aliphatic rings. The zero-order valence-corrected chi connectivity index (χ0v) is 12.4. The molecule has 0 unspecified atom stereocenters. The fourth-order valence-corrected chi connectivity index (χ4v) is 3.74. The van der Waals surface area contributed by atoms with Crippen LogP contribution < -0.4 is 5.32 Å². The molecule has 0 aliphatic carbocycles. The Kier molecular flexibility index (Phi) is 4.59. The average Bonchev–Trinajstić information content (AvgIpc) is 2.84. The molecule has 1 aromatic heterocycles. The van der Waals surface area contributed by atoms with Crippen molar-refractivity contribution in [1.82, 2.24) is 19.2 Å². The minimum atomic E-state index is -3.41. The molecule has 108 valence electrons. The maximum atomic E-state index is 12.4. The Bertz CT molecular complexity index is 504. The average molecular weight is 286 g/mol. The summed E-state index contributed by atoms with van der Waals surface area (Å²) in [6.07, 6.45) is 5.91. The van der Waals surface area contributed by atoms with E-state index in [1.807, 2.05) is 0 Å².